The first-order valence-corrected chi connectivity index (χ1v) is 27.2. The Hall–Kier alpha value is -2.08. The maximum Gasteiger partial charge on any atom is 0.335 e. The molecule has 9 aliphatic rings. The number of aliphatic carboxylic acids is 1. The quantitative estimate of drug-likeness (QED) is 0.0649. The van der Waals surface area contributed by atoms with Gasteiger partial charge in [-0.1, -0.05) is 60.1 Å². The monoisotopic (exact) mass is 1090 g/mol. The Bertz CT molecular complexity index is 2140. The van der Waals surface area contributed by atoms with Gasteiger partial charge in [-0.2, -0.15) is 0 Å². The molecule has 4 heterocycles. The highest BCUT2D eigenvalue weighted by atomic mass is 16.8. The van der Waals surface area contributed by atoms with Gasteiger partial charge in [0.15, 0.2) is 25.0 Å². The van der Waals surface area contributed by atoms with Crippen LogP contribution in [0.5, 0.6) is 0 Å². The van der Waals surface area contributed by atoms with Gasteiger partial charge in [-0.25, -0.2) is 4.79 Å². The van der Waals surface area contributed by atoms with Crippen LogP contribution in [0.1, 0.15) is 113 Å². The first kappa shape index (κ1) is 58.6. The molecule has 4 saturated heterocycles. The van der Waals surface area contributed by atoms with Crippen molar-refractivity contribution in [2.75, 3.05) is 19.8 Å². The minimum atomic E-state index is -2.10. The van der Waals surface area contributed by atoms with Crippen molar-refractivity contribution in [2.45, 2.75) is 235 Å². The zero-order chi connectivity index (χ0) is 55.6. The highest BCUT2D eigenvalue weighted by molar-refractivity contribution is 5.79. The van der Waals surface area contributed by atoms with Crippen LogP contribution in [0, 0.1) is 50.2 Å². The van der Waals surface area contributed by atoms with Gasteiger partial charge >= 0.3 is 11.9 Å². The number of carbonyl (C=O) groups excluding carboxylic acids is 1. The van der Waals surface area contributed by atoms with Crippen LogP contribution in [0.4, 0.5) is 0 Å². The lowest BCUT2D eigenvalue weighted by Gasteiger charge is -2.71. The molecule has 4 saturated carbocycles. The second kappa shape index (κ2) is 21.0. The van der Waals surface area contributed by atoms with Gasteiger partial charge in [-0.15, -0.1) is 0 Å². The predicted molar refractivity (Wildman–Crippen MR) is 257 cm³/mol. The van der Waals surface area contributed by atoms with Crippen molar-refractivity contribution in [1.82, 2.24) is 0 Å². The molecule has 0 radical (unpaired) electrons. The maximum absolute atomic E-state index is 14.8. The molecule has 5 aliphatic carbocycles. The van der Waals surface area contributed by atoms with E-state index in [4.69, 9.17) is 37.9 Å². The molecule has 9 rings (SSSR count). The molecule has 0 aromatic rings. The van der Waals surface area contributed by atoms with E-state index in [0.29, 0.717) is 44.9 Å². The fourth-order valence-electron chi connectivity index (χ4n) is 16.2. The number of ether oxygens (including phenoxy) is 8. The zero-order valence-electron chi connectivity index (χ0n) is 44.4. The highest BCUT2D eigenvalue weighted by Gasteiger charge is 2.70. The normalized spacial score (nSPS) is 52.9. The van der Waals surface area contributed by atoms with Crippen molar-refractivity contribution < 1.29 is 114 Å². The number of esters is 1. The Labute approximate surface area is 442 Å². The number of carbonyl (C=O) groups is 2. The van der Waals surface area contributed by atoms with Gasteiger partial charge in [-0.3, -0.25) is 4.79 Å². The summed E-state index contributed by atoms with van der Waals surface area (Å²) < 4.78 is 48.1. The van der Waals surface area contributed by atoms with Crippen molar-refractivity contribution in [1.29, 1.82) is 0 Å². The fourth-order valence-corrected chi connectivity index (χ4v) is 16.2. The van der Waals surface area contributed by atoms with Crippen molar-refractivity contribution in [3.8, 4) is 0 Å². The largest absolute Gasteiger partial charge is 0.479 e. The van der Waals surface area contributed by atoms with E-state index in [-0.39, 0.29) is 39.4 Å². The number of aliphatic hydroxyl groups excluding tert-OH is 12. The number of carboxylic acid groups (broad SMARTS) is 1. The lowest BCUT2D eigenvalue weighted by molar-refractivity contribution is -0.391. The topological polar surface area (TPSA) is 371 Å². The second-order valence-electron chi connectivity index (χ2n) is 25.9. The van der Waals surface area contributed by atoms with Gasteiger partial charge in [-0.05, 0) is 109 Å². The summed E-state index contributed by atoms with van der Waals surface area (Å²) >= 11 is 0. The molecule has 434 valence electrons. The van der Waals surface area contributed by atoms with E-state index in [1.807, 2.05) is 0 Å². The molecule has 8 fully saturated rings. The Morgan fingerprint density at radius 3 is 1.83 bits per heavy atom. The number of hydrogen-bond acceptors (Lipinski definition) is 22. The summed E-state index contributed by atoms with van der Waals surface area (Å²) in [4.78, 5) is 27.6. The first-order chi connectivity index (χ1) is 35.5. The average Bonchev–Trinajstić information content (AvgIpc) is 3.53. The van der Waals surface area contributed by atoms with Crippen molar-refractivity contribution in [3.05, 3.63) is 11.6 Å². The number of allylic oxidation sites excluding steroid dienone is 2. The Balaban J connectivity index is 0.996. The number of fused-ring (bicyclic) bond motifs is 7. The molecule has 0 bridgehead atoms. The van der Waals surface area contributed by atoms with Gasteiger partial charge in [0, 0.05) is 0 Å². The average molecular weight is 1090 g/mol. The molecule has 23 heteroatoms. The van der Waals surface area contributed by atoms with Crippen LogP contribution in [0.3, 0.4) is 0 Å². The van der Waals surface area contributed by atoms with Crippen LogP contribution < -0.4 is 0 Å². The lowest BCUT2D eigenvalue weighted by atomic mass is 9.33. The maximum atomic E-state index is 14.8. The van der Waals surface area contributed by atoms with Gasteiger partial charge in [0.2, 0.25) is 6.29 Å². The summed E-state index contributed by atoms with van der Waals surface area (Å²) in [5.41, 5.74) is -1.43. The molecule has 76 heavy (non-hydrogen) atoms. The number of aliphatic hydroxyl groups is 12. The lowest BCUT2D eigenvalue weighted by Crippen LogP contribution is -2.68. The number of hydrogen-bond donors (Lipinski definition) is 13. The molecular formula is C53H84O23. The van der Waals surface area contributed by atoms with E-state index < -0.39 is 165 Å². The summed E-state index contributed by atoms with van der Waals surface area (Å²) in [6.45, 7) is 13.7. The summed E-state index contributed by atoms with van der Waals surface area (Å²) in [5.74, 6) is -2.22. The molecule has 0 aromatic carbocycles. The van der Waals surface area contributed by atoms with Crippen LogP contribution >= 0.6 is 0 Å². The van der Waals surface area contributed by atoms with Gasteiger partial charge in [0.25, 0.3) is 0 Å². The smallest absolute Gasteiger partial charge is 0.335 e. The van der Waals surface area contributed by atoms with Crippen molar-refractivity contribution in [3.63, 3.8) is 0 Å². The molecule has 3 unspecified atom stereocenters. The standard InChI is InChI=1S/C53H84O23/c1-48(2)14-16-53(47(68)76-45-37(64)34(61)32(59)26(20-55)71-45)17-15-51(6)22(23(53)18-48)8-9-28-50(5)12-11-29(49(3,4)27(50)10-13-52(28,51)7)72-46-41(75-43-35(62)30(57)24(56)21-69-43)39(38(65)40(74-46)42(66)67)73-44-36(63)33(60)31(58)25(19-54)70-44/h8,23-41,43-46,54-65H,9-21H2,1-7H3,(H,66,67)/t23?,24-,25-,26-,27?,28?,29+,30-,31-,32-,33+,34+,35+,36-,37-,38+,39+,40+,41-,43+,44+,45+,46-,50+,51-,52-,53+/m1/s1. The summed E-state index contributed by atoms with van der Waals surface area (Å²) in [6, 6.07) is 0. The Morgan fingerprint density at radius 2 is 1.20 bits per heavy atom. The third-order valence-corrected chi connectivity index (χ3v) is 21.0. The van der Waals surface area contributed by atoms with Gasteiger partial charge < -0.3 is 104 Å². The third-order valence-electron chi connectivity index (χ3n) is 21.0. The number of rotatable bonds is 11. The van der Waals surface area contributed by atoms with E-state index in [1.54, 1.807) is 0 Å². The molecule has 13 N–H and O–H groups in total. The van der Waals surface area contributed by atoms with Gasteiger partial charge in [0.05, 0.1) is 31.3 Å². The van der Waals surface area contributed by atoms with Gasteiger partial charge in [0.1, 0.15) is 85.5 Å². The molecule has 0 aromatic heterocycles. The molecule has 0 spiro atoms. The first-order valence-electron chi connectivity index (χ1n) is 27.2. The summed E-state index contributed by atoms with van der Waals surface area (Å²) in [5, 5.41) is 138. The van der Waals surface area contributed by atoms with Crippen LogP contribution in [0.25, 0.3) is 0 Å². The van der Waals surface area contributed by atoms with E-state index >= 15 is 0 Å². The molecule has 27 atom stereocenters. The second-order valence-corrected chi connectivity index (χ2v) is 25.9. The highest BCUT2D eigenvalue weighted by Crippen LogP contribution is 2.76. The van der Waals surface area contributed by atoms with E-state index in [9.17, 15) is 76.0 Å². The fraction of sp³-hybridized carbons (Fsp3) is 0.925. The Kier molecular flexibility index (Phi) is 16.2. The minimum Gasteiger partial charge on any atom is -0.479 e. The molecule has 0 amide bonds. The van der Waals surface area contributed by atoms with E-state index in [0.717, 1.165) is 19.3 Å². The molecule has 4 aliphatic heterocycles. The summed E-state index contributed by atoms with van der Waals surface area (Å²) in [7, 11) is 0. The van der Waals surface area contributed by atoms with Crippen molar-refractivity contribution in [2.24, 2.45) is 50.2 Å². The van der Waals surface area contributed by atoms with E-state index in [2.05, 4.69) is 54.5 Å². The van der Waals surface area contributed by atoms with E-state index in [1.165, 1.54) is 5.57 Å². The van der Waals surface area contributed by atoms with Crippen molar-refractivity contribution >= 4 is 11.9 Å². The zero-order valence-corrected chi connectivity index (χ0v) is 44.4. The van der Waals surface area contributed by atoms with Crippen LogP contribution in [0.2, 0.25) is 0 Å². The third kappa shape index (κ3) is 9.42. The van der Waals surface area contributed by atoms with Crippen LogP contribution in [-0.4, -0.2) is 221 Å². The molecule has 23 nitrogen and oxygen atoms in total. The van der Waals surface area contributed by atoms with Crippen LogP contribution in [0.15, 0.2) is 11.6 Å². The minimum absolute atomic E-state index is 0.00491. The molecular weight excluding hydrogens is 1000 g/mol. The number of carboxylic acids is 1. The van der Waals surface area contributed by atoms with Crippen LogP contribution in [-0.2, 0) is 47.5 Å². The predicted octanol–water partition coefficient (Wildman–Crippen LogP) is -1.30. The SMILES string of the molecule is CC1(C)CC[C@]2(C(=O)O[C@@H]3O[C@H](CO)[C@@H](O)[C@H](O)[C@H]3O)CC[C@]3(C)C(=CCC4[C@@]5(C)CC[C@H](O[C@@H]6O[C@H](C(=O)O)[C@@H](O)[C@H](O[C@@H]7O[C@H](CO)[C@@H](O)[C@H](O)[C@H]7O)[C@H]6O[C@@H]6OC[C@@H](O)[C@@H](O)[C@@H]6O)C(C)(C)C5CC[C@]43C)C2C1. The Morgan fingerprint density at radius 1 is 0.605 bits per heavy atom. The summed E-state index contributed by atoms with van der Waals surface area (Å²) in [6.07, 6.45) is -25.0.